The molecule has 2 heterocycles. The van der Waals surface area contributed by atoms with Crippen LogP contribution in [-0.4, -0.2) is 32.6 Å². The number of fused-ring (bicyclic) bond motifs is 1. The Balaban J connectivity index is 2.13. The van der Waals surface area contributed by atoms with Crippen molar-refractivity contribution in [3.63, 3.8) is 0 Å². The van der Waals surface area contributed by atoms with Crippen molar-refractivity contribution in [1.29, 1.82) is 0 Å². The lowest BCUT2D eigenvalue weighted by atomic mass is 10.1. The number of carbonyl (C=O) groups is 1. The fourth-order valence-corrected chi connectivity index (χ4v) is 5.24. The van der Waals surface area contributed by atoms with Crippen molar-refractivity contribution in [2.75, 3.05) is 17.5 Å². The molecule has 0 saturated heterocycles. The first-order valence-electron chi connectivity index (χ1n) is 6.18. The van der Waals surface area contributed by atoms with Crippen LogP contribution in [0.1, 0.15) is 10.4 Å². The molecule has 1 aliphatic rings. The number of carboxylic acid groups (broad SMARTS) is 1. The maximum Gasteiger partial charge on any atom is 0.339 e. The van der Waals surface area contributed by atoms with Gasteiger partial charge in [0, 0.05) is 0 Å². The average Bonchev–Trinajstić information content (AvgIpc) is 2.93. The van der Waals surface area contributed by atoms with Crippen LogP contribution in [0.25, 0.3) is 0 Å². The van der Waals surface area contributed by atoms with E-state index in [1.54, 1.807) is 0 Å². The Morgan fingerprint density at radius 3 is 2.73 bits per heavy atom. The van der Waals surface area contributed by atoms with Crippen molar-refractivity contribution in [3.8, 4) is 5.75 Å². The Hall–Kier alpha value is -1.77. The minimum absolute atomic E-state index is 0.0625. The van der Waals surface area contributed by atoms with Gasteiger partial charge in [-0.05, 0) is 24.3 Å². The lowest BCUT2D eigenvalue weighted by Crippen LogP contribution is -2.38. The number of sulfonamides is 1. The molecule has 0 spiro atoms. The van der Waals surface area contributed by atoms with E-state index >= 15 is 0 Å². The summed E-state index contributed by atoms with van der Waals surface area (Å²) in [5.41, 5.74) is 0.150. The minimum Gasteiger partial charge on any atom is -0.489 e. The average molecular weight is 360 g/mol. The summed E-state index contributed by atoms with van der Waals surface area (Å²) in [6.45, 7) is 0.184. The lowest BCUT2D eigenvalue weighted by molar-refractivity contribution is 0.0692. The minimum atomic E-state index is -3.80. The SMILES string of the molecule is O=C(O)c1cccc2c1OCCN2S(=O)(=O)c1ccc(Cl)s1. The van der Waals surface area contributed by atoms with Gasteiger partial charge in [0.15, 0.2) is 5.75 Å². The normalized spacial score (nSPS) is 14.3. The van der Waals surface area contributed by atoms with E-state index in [4.69, 9.17) is 16.3 Å². The van der Waals surface area contributed by atoms with E-state index in [0.717, 1.165) is 15.6 Å². The number of para-hydroxylation sites is 1. The molecule has 0 unspecified atom stereocenters. The van der Waals surface area contributed by atoms with Gasteiger partial charge in [0.05, 0.1) is 16.6 Å². The van der Waals surface area contributed by atoms with Gasteiger partial charge in [-0.1, -0.05) is 17.7 Å². The summed E-state index contributed by atoms with van der Waals surface area (Å²) < 4.78 is 32.4. The molecule has 0 atom stereocenters. The Morgan fingerprint density at radius 1 is 1.32 bits per heavy atom. The highest BCUT2D eigenvalue weighted by Gasteiger charge is 2.33. The van der Waals surface area contributed by atoms with E-state index < -0.39 is 16.0 Å². The summed E-state index contributed by atoms with van der Waals surface area (Å²) in [6.07, 6.45) is 0. The number of nitrogens with zero attached hydrogens (tertiary/aromatic N) is 1. The van der Waals surface area contributed by atoms with Gasteiger partial charge in [0.25, 0.3) is 10.0 Å². The van der Waals surface area contributed by atoms with Gasteiger partial charge >= 0.3 is 5.97 Å². The monoisotopic (exact) mass is 359 g/mol. The molecule has 1 aliphatic heterocycles. The van der Waals surface area contributed by atoms with E-state index in [9.17, 15) is 18.3 Å². The number of carboxylic acids is 1. The number of halogens is 1. The molecule has 116 valence electrons. The van der Waals surface area contributed by atoms with Crippen molar-refractivity contribution in [3.05, 3.63) is 40.2 Å². The largest absolute Gasteiger partial charge is 0.489 e. The van der Waals surface area contributed by atoms with Crippen LogP contribution in [0.15, 0.2) is 34.5 Å². The van der Waals surface area contributed by atoms with E-state index in [2.05, 4.69) is 0 Å². The smallest absolute Gasteiger partial charge is 0.339 e. The molecule has 0 fully saturated rings. The molecule has 0 bridgehead atoms. The molecule has 0 saturated carbocycles. The summed E-state index contributed by atoms with van der Waals surface area (Å²) in [5.74, 6) is -1.11. The van der Waals surface area contributed by atoms with E-state index in [1.165, 1.54) is 30.3 Å². The van der Waals surface area contributed by atoms with Crippen LogP contribution in [0.2, 0.25) is 4.34 Å². The Morgan fingerprint density at radius 2 is 2.09 bits per heavy atom. The van der Waals surface area contributed by atoms with Crippen LogP contribution < -0.4 is 9.04 Å². The topological polar surface area (TPSA) is 83.9 Å². The van der Waals surface area contributed by atoms with Crippen molar-refractivity contribution in [2.45, 2.75) is 4.21 Å². The maximum absolute atomic E-state index is 12.7. The summed E-state index contributed by atoms with van der Waals surface area (Å²) in [5, 5.41) is 9.19. The van der Waals surface area contributed by atoms with Crippen molar-refractivity contribution in [1.82, 2.24) is 0 Å². The predicted octanol–water partition coefficient (Wildman–Crippen LogP) is 2.69. The fourth-order valence-electron chi connectivity index (χ4n) is 2.19. The van der Waals surface area contributed by atoms with E-state index in [0.29, 0.717) is 4.34 Å². The summed E-state index contributed by atoms with van der Waals surface area (Å²) >= 11 is 6.76. The van der Waals surface area contributed by atoms with Gasteiger partial charge in [-0.2, -0.15) is 0 Å². The standard InChI is InChI=1S/C13H10ClNO5S2/c14-10-4-5-11(21-10)22(18,19)15-6-7-20-12-8(13(16)17)2-1-3-9(12)15/h1-5H,6-7H2,(H,16,17). The van der Waals surface area contributed by atoms with Gasteiger partial charge in [-0.25, -0.2) is 13.2 Å². The third kappa shape index (κ3) is 2.43. The molecule has 9 heteroatoms. The Bertz CT molecular complexity index is 846. The first-order chi connectivity index (χ1) is 10.4. The van der Waals surface area contributed by atoms with Crippen molar-refractivity contribution >= 4 is 44.6 Å². The van der Waals surface area contributed by atoms with Crippen LogP contribution in [0, 0.1) is 0 Å². The number of hydrogen-bond donors (Lipinski definition) is 1. The molecule has 2 aromatic rings. The molecule has 0 radical (unpaired) electrons. The third-order valence-electron chi connectivity index (χ3n) is 3.13. The maximum atomic E-state index is 12.7. The first kappa shape index (κ1) is 15.1. The number of hydrogen-bond acceptors (Lipinski definition) is 5. The van der Waals surface area contributed by atoms with Crippen molar-refractivity contribution in [2.24, 2.45) is 0 Å². The second-order valence-electron chi connectivity index (χ2n) is 4.44. The van der Waals surface area contributed by atoms with Gasteiger partial charge in [0.1, 0.15) is 16.4 Å². The molecular weight excluding hydrogens is 350 g/mol. The number of ether oxygens (including phenoxy) is 1. The van der Waals surface area contributed by atoms with Gasteiger partial charge in [-0.15, -0.1) is 11.3 Å². The molecule has 0 amide bonds. The van der Waals surface area contributed by atoms with E-state index in [1.807, 2.05) is 0 Å². The van der Waals surface area contributed by atoms with Gasteiger partial charge in [-0.3, -0.25) is 4.31 Å². The van der Waals surface area contributed by atoms with Crippen molar-refractivity contribution < 1.29 is 23.1 Å². The fraction of sp³-hybridized carbons (Fsp3) is 0.154. The Labute approximate surface area is 135 Å². The zero-order valence-electron chi connectivity index (χ0n) is 11.0. The molecule has 0 aliphatic carbocycles. The van der Waals surface area contributed by atoms with Crippen LogP contribution in [0.4, 0.5) is 5.69 Å². The highest BCUT2D eigenvalue weighted by Crippen LogP contribution is 2.39. The van der Waals surface area contributed by atoms with Crippen LogP contribution in [-0.2, 0) is 10.0 Å². The third-order valence-corrected chi connectivity index (χ3v) is 6.64. The number of rotatable bonds is 3. The highest BCUT2D eigenvalue weighted by atomic mass is 35.5. The summed E-state index contributed by atoms with van der Waals surface area (Å²) in [6, 6.07) is 7.32. The molecular formula is C13H10ClNO5S2. The number of aromatic carboxylic acids is 1. The summed E-state index contributed by atoms with van der Waals surface area (Å²) in [4.78, 5) is 11.2. The van der Waals surface area contributed by atoms with Gasteiger partial charge < -0.3 is 9.84 Å². The molecule has 3 rings (SSSR count). The number of anilines is 1. The van der Waals surface area contributed by atoms with Crippen LogP contribution >= 0.6 is 22.9 Å². The van der Waals surface area contributed by atoms with E-state index in [-0.39, 0.29) is 34.4 Å². The molecule has 1 aromatic carbocycles. The van der Waals surface area contributed by atoms with Crippen LogP contribution in [0.5, 0.6) is 5.75 Å². The van der Waals surface area contributed by atoms with Gasteiger partial charge in [0.2, 0.25) is 0 Å². The molecule has 6 nitrogen and oxygen atoms in total. The molecule has 22 heavy (non-hydrogen) atoms. The van der Waals surface area contributed by atoms with Crippen LogP contribution in [0.3, 0.4) is 0 Å². The Kier molecular flexibility index (Phi) is 3.75. The zero-order chi connectivity index (χ0) is 15.9. The number of benzene rings is 1. The second-order valence-corrected chi connectivity index (χ2v) is 8.25. The summed E-state index contributed by atoms with van der Waals surface area (Å²) in [7, 11) is -3.80. The molecule has 1 aromatic heterocycles. The number of thiophene rings is 1. The second kappa shape index (κ2) is 5.45. The quantitative estimate of drug-likeness (QED) is 0.910. The first-order valence-corrected chi connectivity index (χ1v) is 8.82. The lowest BCUT2D eigenvalue weighted by Gasteiger charge is -2.30. The zero-order valence-corrected chi connectivity index (χ0v) is 13.4. The molecule has 1 N–H and O–H groups in total. The highest BCUT2D eigenvalue weighted by molar-refractivity contribution is 7.94. The predicted molar refractivity (Wildman–Crippen MR) is 82.8 cm³/mol.